The Labute approximate surface area is 127 Å². The molecule has 0 aliphatic heterocycles. The summed E-state index contributed by atoms with van der Waals surface area (Å²) in [7, 11) is 0. The number of rotatable bonds is 4. The minimum Gasteiger partial charge on any atom is -0.550 e. The third-order valence-corrected chi connectivity index (χ3v) is 5.10. The van der Waals surface area contributed by atoms with Gasteiger partial charge in [0.05, 0.1) is 5.92 Å². The van der Waals surface area contributed by atoms with E-state index in [4.69, 9.17) is 0 Å². The van der Waals surface area contributed by atoms with Gasteiger partial charge in [-0.25, -0.2) is 0 Å². The third-order valence-electron chi connectivity index (χ3n) is 4.37. The number of amides is 1. The van der Waals surface area contributed by atoms with E-state index < -0.39 is 17.8 Å². The van der Waals surface area contributed by atoms with Gasteiger partial charge in [-0.15, -0.1) is 11.8 Å². The van der Waals surface area contributed by atoms with Crippen molar-refractivity contribution in [1.29, 1.82) is 0 Å². The summed E-state index contributed by atoms with van der Waals surface area (Å²) in [6.07, 6.45) is 6.57. The van der Waals surface area contributed by atoms with E-state index in [0.717, 1.165) is 11.3 Å². The van der Waals surface area contributed by atoms with Crippen LogP contribution in [-0.2, 0) is 9.59 Å². The number of hydrogen-bond acceptors (Lipinski definition) is 4. The van der Waals surface area contributed by atoms with E-state index >= 15 is 0 Å². The molecule has 2 aliphatic rings. The fraction of sp³-hybridized carbons (Fsp3) is 0.375. The second-order valence-electron chi connectivity index (χ2n) is 5.54. The highest BCUT2D eigenvalue weighted by Gasteiger charge is 2.48. The van der Waals surface area contributed by atoms with Crippen LogP contribution < -0.4 is 10.4 Å². The summed E-state index contributed by atoms with van der Waals surface area (Å²) in [5, 5.41) is 14.2. The monoisotopic (exact) mass is 302 g/mol. The Balaban J connectivity index is 1.78. The summed E-state index contributed by atoms with van der Waals surface area (Å²) in [6, 6.07) is 7.54. The highest BCUT2D eigenvalue weighted by molar-refractivity contribution is 7.98. The molecule has 1 amide bonds. The second-order valence-corrected chi connectivity index (χ2v) is 6.42. The number of carboxylic acid groups (broad SMARTS) is 1. The SMILES string of the molecule is CSc1cccc(NC(=O)[C@@H]2[C@@H](C(=O)[O-])[C@H]3C=C[C@@H]2C3)c1. The van der Waals surface area contributed by atoms with Crippen molar-refractivity contribution in [1.82, 2.24) is 0 Å². The van der Waals surface area contributed by atoms with Crippen molar-refractivity contribution in [3.05, 3.63) is 36.4 Å². The topological polar surface area (TPSA) is 69.2 Å². The summed E-state index contributed by atoms with van der Waals surface area (Å²) in [5.41, 5.74) is 0.704. The van der Waals surface area contributed by atoms with Gasteiger partial charge in [0.25, 0.3) is 0 Å². The lowest BCUT2D eigenvalue weighted by molar-refractivity contribution is -0.313. The quantitative estimate of drug-likeness (QED) is 0.676. The van der Waals surface area contributed by atoms with Crippen molar-refractivity contribution in [2.45, 2.75) is 11.3 Å². The van der Waals surface area contributed by atoms with Gasteiger partial charge >= 0.3 is 0 Å². The van der Waals surface area contributed by atoms with Crippen LogP contribution in [0.3, 0.4) is 0 Å². The number of anilines is 1. The van der Waals surface area contributed by atoms with Gasteiger partial charge in [0.1, 0.15) is 0 Å². The first kappa shape index (κ1) is 14.2. The van der Waals surface area contributed by atoms with Crippen LogP contribution in [0, 0.1) is 23.7 Å². The molecule has 5 heteroatoms. The average molecular weight is 302 g/mol. The summed E-state index contributed by atoms with van der Waals surface area (Å²) in [5.74, 6) is -2.62. The molecule has 21 heavy (non-hydrogen) atoms. The van der Waals surface area contributed by atoms with Crippen LogP contribution in [-0.4, -0.2) is 18.1 Å². The summed E-state index contributed by atoms with van der Waals surface area (Å²) < 4.78 is 0. The number of hydrogen-bond donors (Lipinski definition) is 1. The maximum absolute atomic E-state index is 12.5. The van der Waals surface area contributed by atoms with Crippen LogP contribution in [0.1, 0.15) is 6.42 Å². The summed E-state index contributed by atoms with van der Waals surface area (Å²) in [4.78, 5) is 24.9. The zero-order valence-electron chi connectivity index (χ0n) is 11.6. The molecule has 2 aliphatic carbocycles. The van der Waals surface area contributed by atoms with Crippen molar-refractivity contribution < 1.29 is 14.7 Å². The highest BCUT2D eigenvalue weighted by atomic mass is 32.2. The Hall–Kier alpha value is -1.75. The number of fused-ring (bicyclic) bond motifs is 2. The van der Waals surface area contributed by atoms with Crippen molar-refractivity contribution in [3.8, 4) is 0 Å². The minimum absolute atomic E-state index is 0.0154. The first-order valence-corrected chi connectivity index (χ1v) is 8.16. The van der Waals surface area contributed by atoms with Gasteiger partial charge in [0.2, 0.25) is 5.91 Å². The lowest BCUT2D eigenvalue weighted by Gasteiger charge is -2.27. The number of carbonyl (C=O) groups is 2. The Morgan fingerprint density at radius 3 is 2.62 bits per heavy atom. The molecule has 0 unspecified atom stereocenters. The molecule has 4 atom stereocenters. The Morgan fingerprint density at radius 1 is 1.24 bits per heavy atom. The van der Waals surface area contributed by atoms with E-state index in [1.807, 2.05) is 42.7 Å². The van der Waals surface area contributed by atoms with E-state index in [1.54, 1.807) is 11.8 Å². The van der Waals surface area contributed by atoms with Gasteiger partial charge in [-0.2, -0.15) is 0 Å². The van der Waals surface area contributed by atoms with Gasteiger partial charge in [0.15, 0.2) is 0 Å². The van der Waals surface area contributed by atoms with Crippen molar-refractivity contribution in [3.63, 3.8) is 0 Å². The molecule has 0 aromatic heterocycles. The van der Waals surface area contributed by atoms with Gasteiger partial charge in [-0.05, 0) is 42.7 Å². The maximum atomic E-state index is 12.5. The zero-order chi connectivity index (χ0) is 15.0. The van der Waals surface area contributed by atoms with Crippen molar-refractivity contribution in [2.24, 2.45) is 23.7 Å². The average Bonchev–Trinajstić information content (AvgIpc) is 3.07. The maximum Gasteiger partial charge on any atom is 0.228 e. The van der Waals surface area contributed by atoms with Crippen LogP contribution in [0.4, 0.5) is 5.69 Å². The molecule has 1 N–H and O–H groups in total. The molecule has 4 nitrogen and oxygen atoms in total. The van der Waals surface area contributed by atoms with E-state index in [9.17, 15) is 14.7 Å². The van der Waals surface area contributed by atoms with E-state index in [2.05, 4.69) is 5.32 Å². The molecular formula is C16H16NO3S-. The van der Waals surface area contributed by atoms with Gasteiger partial charge in [-0.3, -0.25) is 4.79 Å². The first-order chi connectivity index (χ1) is 10.1. The molecule has 0 saturated heterocycles. The number of allylic oxidation sites excluding steroid dienone is 2. The fourth-order valence-corrected chi connectivity index (χ4v) is 3.89. The summed E-state index contributed by atoms with van der Waals surface area (Å²) in [6.45, 7) is 0. The summed E-state index contributed by atoms with van der Waals surface area (Å²) >= 11 is 1.59. The van der Waals surface area contributed by atoms with Crippen LogP contribution in [0.15, 0.2) is 41.3 Å². The minimum atomic E-state index is -1.12. The van der Waals surface area contributed by atoms with E-state index in [0.29, 0.717) is 5.69 Å². The number of nitrogens with one attached hydrogen (secondary N) is 1. The first-order valence-electron chi connectivity index (χ1n) is 6.94. The number of benzene rings is 1. The smallest absolute Gasteiger partial charge is 0.228 e. The molecule has 0 heterocycles. The fourth-order valence-electron chi connectivity index (χ4n) is 3.43. The predicted octanol–water partition coefficient (Wildman–Crippen LogP) is 1.54. The lowest BCUT2D eigenvalue weighted by atomic mass is 9.82. The highest BCUT2D eigenvalue weighted by Crippen LogP contribution is 2.48. The normalized spacial score (nSPS) is 29.6. The number of thioether (sulfide) groups is 1. The predicted molar refractivity (Wildman–Crippen MR) is 79.6 cm³/mol. The second kappa shape index (κ2) is 5.56. The molecule has 1 aromatic rings. The molecule has 0 spiro atoms. The van der Waals surface area contributed by atoms with Gasteiger partial charge in [0, 0.05) is 22.5 Å². The van der Waals surface area contributed by atoms with Gasteiger partial charge in [-0.1, -0.05) is 18.2 Å². The standard InChI is InChI=1S/C16H17NO3S/c1-21-12-4-2-3-11(8-12)17-15(18)13-9-5-6-10(7-9)14(13)16(19)20/h2-6,8-10,13-14H,7H2,1H3,(H,17,18)(H,19,20)/p-1/t9-,10+,13+,14+/m1/s1. The Bertz CT molecular complexity index is 613. The van der Waals surface area contributed by atoms with Gasteiger partial charge < -0.3 is 15.2 Å². The Kier molecular flexibility index (Phi) is 3.76. The number of carboxylic acids is 1. The third kappa shape index (κ3) is 2.58. The molecule has 0 radical (unpaired) electrons. The van der Waals surface area contributed by atoms with Crippen LogP contribution in [0.5, 0.6) is 0 Å². The lowest BCUT2D eigenvalue weighted by Crippen LogP contribution is -2.42. The number of carbonyl (C=O) groups excluding carboxylic acids is 2. The largest absolute Gasteiger partial charge is 0.550 e. The molecule has 3 rings (SSSR count). The van der Waals surface area contributed by atoms with Crippen LogP contribution in [0.25, 0.3) is 0 Å². The van der Waals surface area contributed by atoms with Crippen LogP contribution >= 0.6 is 11.8 Å². The van der Waals surface area contributed by atoms with E-state index in [-0.39, 0.29) is 17.7 Å². The zero-order valence-corrected chi connectivity index (χ0v) is 12.4. The molecular weight excluding hydrogens is 286 g/mol. The molecule has 1 fully saturated rings. The van der Waals surface area contributed by atoms with Crippen LogP contribution in [0.2, 0.25) is 0 Å². The van der Waals surface area contributed by atoms with Crippen molar-refractivity contribution in [2.75, 3.05) is 11.6 Å². The Morgan fingerprint density at radius 2 is 1.95 bits per heavy atom. The molecule has 2 bridgehead atoms. The van der Waals surface area contributed by atoms with Crippen molar-refractivity contribution >= 4 is 29.3 Å². The molecule has 1 saturated carbocycles. The molecule has 110 valence electrons. The number of aliphatic carboxylic acids is 1. The molecule has 1 aromatic carbocycles. The van der Waals surface area contributed by atoms with E-state index in [1.165, 1.54) is 0 Å².